The van der Waals surface area contributed by atoms with Crippen LogP contribution in [0.1, 0.15) is 22.8 Å². The fourth-order valence-corrected chi connectivity index (χ4v) is 3.16. The Morgan fingerprint density at radius 1 is 1.12 bits per heavy atom. The molecule has 0 unspecified atom stereocenters. The van der Waals surface area contributed by atoms with Crippen molar-refractivity contribution in [2.45, 2.75) is 6.92 Å². The molecule has 2 N–H and O–H groups in total. The molecule has 0 saturated heterocycles. The molecule has 0 bridgehead atoms. The van der Waals surface area contributed by atoms with E-state index in [-0.39, 0.29) is 28.7 Å². The van der Waals surface area contributed by atoms with Crippen molar-refractivity contribution in [2.75, 3.05) is 20.3 Å². The highest BCUT2D eigenvalue weighted by atomic mass is 35.5. The Morgan fingerprint density at radius 2 is 1.84 bits per heavy atom. The Balaban J connectivity index is 1.76. The van der Waals surface area contributed by atoms with Crippen molar-refractivity contribution in [1.29, 1.82) is 0 Å². The van der Waals surface area contributed by atoms with Crippen LogP contribution in [0.25, 0.3) is 10.8 Å². The molecule has 0 radical (unpaired) electrons. The molecule has 32 heavy (non-hydrogen) atoms. The number of fused-ring (bicyclic) bond motifs is 1. The number of methoxy groups -OCH3 is 1. The first-order chi connectivity index (χ1) is 15.4. The molecule has 8 nitrogen and oxygen atoms in total. The van der Waals surface area contributed by atoms with Crippen molar-refractivity contribution in [3.63, 3.8) is 0 Å². The molecule has 166 valence electrons. The van der Waals surface area contributed by atoms with Gasteiger partial charge in [-0.2, -0.15) is 5.10 Å². The van der Waals surface area contributed by atoms with Crippen LogP contribution in [0.3, 0.4) is 0 Å². The SMILES string of the molecule is CCOc1cc(C=NNC(=O)c2cc3ccccc3cc2O)cc(Cl)c1OCC(=O)OC. The predicted molar refractivity (Wildman–Crippen MR) is 121 cm³/mol. The van der Waals surface area contributed by atoms with E-state index < -0.39 is 11.9 Å². The van der Waals surface area contributed by atoms with Gasteiger partial charge in [0.25, 0.3) is 5.91 Å². The topological polar surface area (TPSA) is 106 Å². The third-order valence-electron chi connectivity index (χ3n) is 4.38. The van der Waals surface area contributed by atoms with Gasteiger partial charge in [-0.15, -0.1) is 0 Å². The zero-order valence-electron chi connectivity index (χ0n) is 17.4. The minimum Gasteiger partial charge on any atom is -0.507 e. The van der Waals surface area contributed by atoms with Gasteiger partial charge in [-0.25, -0.2) is 10.2 Å². The number of rotatable bonds is 8. The lowest BCUT2D eigenvalue weighted by molar-refractivity contribution is -0.142. The lowest BCUT2D eigenvalue weighted by Crippen LogP contribution is -2.17. The average molecular weight is 457 g/mol. The van der Waals surface area contributed by atoms with Gasteiger partial charge in [-0.05, 0) is 47.5 Å². The van der Waals surface area contributed by atoms with Crippen molar-refractivity contribution in [3.8, 4) is 17.2 Å². The molecule has 0 heterocycles. The molecule has 0 fully saturated rings. The number of carbonyl (C=O) groups excluding carboxylic acids is 2. The summed E-state index contributed by atoms with van der Waals surface area (Å²) in [5.41, 5.74) is 3.00. The van der Waals surface area contributed by atoms with E-state index in [2.05, 4.69) is 15.3 Å². The Kier molecular flexibility index (Phi) is 7.51. The van der Waals surface area contributed by atoms with Crippen LogP contribution in [-0.4, -0.2) is 43.5 Å². The minimum atomic E-state index is -0.571. The van der Waals surface area contributed by atoms with Gasteiger partial charge in [-0.3, -0.25) is 4.79 Å². The summed E-state index contributed by atoms with van der Waals surface area (Å²) in [6.07, 6.45) is 1.37. The van der Waals surface area contributed by atoms with Crippen LogP contribution in [0, 0.1) is 0 Å². The number of phenolic OH excluding ortho intramolecular Hbond substituents is 1. The predicted octanol–water partition coefficient (Wildman–Crippen LogP) is 3.91. The summed E-state index contributed by atoms with van der Waals surface area (Å²) >= 11 is 6.27. The van der Waals surface area contributed by atoms with Gasteiger partial charge in [0, 0.05) is 0 Å². The highest BCUT2D eigenvalue weighted by molar-refractivity contribution is 6.32. The number of nitrogens with zero attached hydrogens (tertiary/aromatic N) is 1. The third kappa shape index (κ3) is 5.47. The maximum atomic E-state index is 12.5. The Hall–Kier alpha value is -3.78. The molecule has 0 atom stereocenters. The van der Waals surface area contributed by atoms with Crippen LogP contribution in [0.4, 0.5) is 0 Å². The summed E-state index contributed by atoms with van der Waals surface area (Å²) in [6, 6.07) is 13.6. The number of hydrogen-bond acceptors (Lipinski definition) is 7. The van der Waals surface area contributed by atoms with Crippen LogP contribution < -0.4 is 14.9 Å². The van der Waals surface area contributed by atoms with Gasteiger partial charge in [0.15, 0.2) is 18.1 Å². The summed E-state index contributed by atoms with van der Waals surface area (Å²) < 4.78 is 15.5. The van der Waals surface area contributed by atoms with E-state index in [1.54, 1.807) is 25.1 Å². The maximum absolute atomic E-state index is 12.5. The van der Waals surface area contributed by atoms with E-state index in [0.29, 0.717) is 17.9 Å². The smallest absolute Gasteiger partial charge is 0.343 e. The fourth-order valence-electron chi connectivity index (χ4n) is 2.89. The number of phenols is 1. The lowest BCUT2D eigenvalue weighted by atomic mass is 10.1. The molecule has 0 saturated carbocycles. The van der Waals surface area contributed by atoms with E-state index in [9.17, 15) is 14.7 Å². The van der Waals surface area contributed by atoms with E-state index >= 15 is 0 Å². The molecule has 3 rings (SSSR count). The number of hydrazone groups is 1. The number of nitrogens with one attached hydrogen (secondary N) is 1. The van der Waals surface area contributed by atoms with Gasteiger partial charge < -0.3 is 19.3 Å². The largest absolute Gasteiger partial charge is 0.507 e. The Labute approximate surface area is 189 Å². The molecular weight excluding hydrogens is 436 g/mol. The first kappa shape index (κ1) is 22.9. The van der Waals surface area contributed by atoms with Gasteiger partial charge in [0.2, 0.25) is 0 Å². The van der Waals surface area contributed by atoms with Crippen LogP contribution in [-0.2, 0) is 9.53 Å². The summed E-state index contributed by atoms with van der Waals surface area (Å²) in [6.45, 7) is 1.80. The van der Waals surface area contributed by atoms with E-state index in [4.69, 9.17) is 21.1 Å². The van der Waals surface area contributed by atoms with Crippen molar-refractivity contribution in [1.82, 2.24) is 5.43 Å². The molecule has 3 aromatic carbocycles. The van der Waals surface area contributed by atoms with Crippen molar-refractivity contribution >= 4 is 40.5 Å². The second-order valence-corrected chi connectivity index (χ2v) is 6.95. The van der Waals surface area contributed by atoms with E-state index in [1.165, 1.54) is 19.4 Å². The molecule has 1 amide bonds. The standard InChI is InChI=1S/C23H21ClN2O6/c1-3-31-20-9-14(8-18(24)22(20)32-13-21(28)30-2)12-25-26-23(29)17-10-15-6-4-5-7-16(15)11-19(17)27/h4-12,27H,3,13H2,1-2H3,(H,26,29). The second kappa shape index (κ2) is 10.5. The maximum Gasteiger partial charge on any atom is 0.343 e. The van der Waals surface area contributed by atoms with Gasteiger partial charge in [-0.1, -0.05) is 35.9 Å². The quantitative estimate of drug-likeness (QED) is 0.302. The molecule has 0 spiro atoms. The molecule has 0 aliphatic carbocycles. The molecule has 0 aromatic heterocycles. The number of amides is 1. The summed E-state index contributed by atoms with van der Waals surface area (Å²) in [5.74, 6) is -0.775. The molecule has 0 aliphatic rings. The van der Waals surface area contributed by atoms with E-state index in [1.807, 2.05) is 24.3 Å². The van der Waals surface area contributed by atoms with Crippen LogP contribution in [0.15, 0.2) is 53.6 Å². The van der Waals surface area contributed by atoms with Crippen LogP contribution >= 0.6 is 11.6 Å². The first-order valence-electron chi connectivity index (χ1n) is 9.64. The molecule has 3 aromatic rings. The van der Waals surface area contributed by atoms with Gasteiger partial charge >= 0.3 is 5.97 Å². The molecule has 9 heteroatoms. The Bertz CT molecular complexity index is 1180. The zero-order valence-corrected chi connectivity index (χ0v) is 18.2. The number of esters is 1. The van der Waals surface area contributed by atoms with Gasteiger partial charge in [0.05, 0.1) is 30.5 Å². The summed E-state index contributed by atoms with van der Waals surface area (Å²) in [4.78, 5) is 23.8. The average Bonchev–Trinajstić information content (AvgIpc) is 2.78. The number of carbonyl (C=O) groups is 2. The van der Waals surface area contributed by atoms with Crippen molar-refractivity contribution in [3.05, 3.63) is 64.7 Å². The summed E-state index contributed by atoms with van der Waals surface area (Å²) in [5, 5.41) is 15.9. The first-order valence-corrected chi connectivity index (χ1v) is 10.0. The van der Waals surface area contributed by atoms with E-state index in [0.717, 1.165) is 10.8 Å². The fraction of sp³-hybridized carbons (Fsp3) is 0.174. The number of benzene rings is 3. The van der Waals surface area contributed by atoms with Crippen LogP contribution in [0.5, 0.6) is 17.2 Å². The molecule has 0 aliphatic heterocycles. The Morgan fingerprint density at radius 3 is 2.53 bits per heavy atom. The molecular formula is C23H21ClN2O6. The second-order valence-electron chi connectivity index (χ2n) is 6.54. The highest BCUT2D eigenvalue weighted by Crippen LogP contribution is 2.36. The van der Waals surface area contributed by atoms with Crippen LogP contribution in [0.2, 0.25) is 5.02 Å². The number of hydrogen-bond donors (Lipinski definition) is 2. The number of ether oxygens (including phenoxy) is 3. The van der Waals surface area contributed by atoms with Crippen molar-refractivity contribution < 1.29 is 28.9 Å². The lowest BCUT2D eigenvalue weighted by Gasteiger charge is -2.13. The third-order valence-corrected chi connectivity index (χ3v) is 4.66. The highest BCUT2D eigenvalue weighted by Gasteiger charge is 2.15. The number of aromatic hydroxyl groups is 1. The normalized spacial score (nSPS) is 10.8. The monoisotopic (exact) mass is 456 g/mol. The number of halogens is 1. The summed E-state index contributed by atoms with van der Waals surface area (Å²) in [7, 11) is 1.25. The van der Waals surface area contributed by atoms with Crippen molar-refractivity contribution in [2.24, 2.45) is 5.10 Å². The zero-order chi connectivity index (χ0) is 23.1. The minimum absolute atomic E-state index is 0.0976. The van der Waals surface area contributed by atoms with Gasteiger partial charge in [0.1, 0.15) is 5.75 Å².